The molecule has 108 valence electrons. The van der Waals surface area contributed by atoms with Crippen LogP contribution in [0.25, 0.3) is 0 Å². The molecule has 0 aromatic carbocycles. The number of methoxy groups -OCH3 is 1. The molecule has 6 heteroatoms. The number of anilines is 2. The van der Waals surface area contributed by atoms with Gasteiger partial charge < -0.3 is 15.0 Å². The van der Waals surface area contributed by atoms with Gasteiger partial charge in [0.1, 0.15) is 4.60 Å². The number of hydrogen-bond acceptors (Lipinski definition) is 5. The Balaban J connectivity index is 1.86. The molecule has 0 unspecified atom stereocenters. The maximum Gasteiger partial charge on any atom is 0.177 e. The molecule has 2 heterocycles. The van der Waals surface area contributed by atoms with Gasteiger partial charge in [0.15, 0.2) is 11.6 Å². The Kier molecular flexibility index (Phi) is 3.94. The van der Waals surface area contributed by atoms with Crippen molar-refractivity contribution in [2.24, 2.45) is 0 Å². The molecule has 1 aliphatic carbocycles. The van der Waals surface area contributed by atoms with E-state index in [-0.39, 0.29) is 0 Å². The first kappa shape index (κ1) is 13.8. The van der Waals surface area contributed by atoms with Gasteiger partial charge in [-0.2, -0.15) is 0 Å². The number of aromatic nitrogens is 2. The van der Waals surface area contributed by atoms with E-state index < -0.39 is 0 Å². The third-order valence-electron chi connectivity index (χ3n) is 4.10. The highest BCUT2D eigenvalue weighted by atomic mass is 79.9. The SMILES string of the molecule is C=[13C]1[13CH2]Nc2ncc(Br)nc2N1C1CCC(OC)CC1. The normalized spacial score (nSPS) is 26.1. The molecule has 0 amide bonds. The lowest BCUT2D eigenvalue weighted by atomic mass is 9.92. The van der Waals surface area contributed by atoms with Crippen molar-refractivity contribution in [1.82, 2.24) is 9.97 Å². The highest BCUT2D eigenvalue weighted by Crippen LogP contribution is 2.36. The van der Waals surface area contributed by atoms with Gasteiger partial charge in [-0.05, 0) is 41.6 Å². The van der Waals surface area contributed by atoms with Gasteiger partial charge in [0.05, 0.1) is 18.8 Å². The van der Waals surface area contributed by atoms with Crippen molar-refractivity contribution < 1.29 is 4.74 Å². The highest BCUT2D eigenvalue weighted by molar-refractivity contribution is 9.10. The molecule has 0 spiro atoms. The van der Waals surface area contributed by atoms with Crippen molar-refractivity contribution in [2.45, 2.75) is 37.8 Å². The molecule has 0 saturated heterocycles. The van der Waals surface area contributed by atoms with Gasteiger partial charge in [-0.1, -0.05) is 6.58 Å². The summed E-state index contributed by atoms with van der Waals surface area (Å²) in [7, 11) is 1.80. The predicted octanol–water partition coefficient (Wildman–Crippen LogP) is 2.94. The molecule has 1 saturated carbocycles. The fraction of sp³-hybridized carbons (Fsp3) is 0.571. The molecule has 0 bridgehead atoms. The van der Waals surface area contributed by atoms with E-state index in [1.54, 1.807) is 13.3 Å². The first-order valence-electron chi connectivity index (χ1n) is 6.95. The molecule has 2 aliphatic rings. The highest BCUT2D eigenvalue weighted by Gasteiger charge is 2.32. The van der Waals surface area contributed by atoms with Crippen LogP contribution < -0.4 is 10.2 Å². The van der Waals surface area contributed by atoms with E-state index >= 15 is 0 Å². The van der Waals surface area contributed by atoms with Crippen LogP contribution in [0.3, 0.4) is 0 Å². The summed E-state index contributed by atoms with van der Waals surface area (Å²) in [5.41, 5.74) is 1.06. The summed E-state index contributed by atoms with van der Waals surface area (Å²) in [6.45, 7) is 4.92. The summed E-state index contributed by atoms with van der Waals surface area (Å²) in [6, 6.07) is 0.443. The van der Waals surface area contributed by atoms with Crippen LogP contribution in [-0.4, -0.2) is 35.8 Å². The van der Waals surface area contributed by atoms with Crippen LogP contribution in [0.1, 0.15) is 25.7 Å². The standard InChI is InChI=1S/C14H19BrN4O/c1-9-7-16-13-14(18-12(15)8-17-13)19(9)10-3-5-11(20-2)6-4-10/h8,10-11H,1,3-7H2,2H3,(H,16,17)/i7+1,9+1. The summed E-state index contributed by atoms with van der Waals surface area (Å²) in [5.74, 6) is 1.73. The maximum atomic E-state index is 5.45. The number of ether oxygens (including phenoxy) is 1. The van der Waals surface area contributed by atoms with Crippen LogP contribution in [0.2, 0.25) is 0 Å². The molecule has 1 aromatic heterocycles. The van der Waals surface area contributed by atoms with Crippen LogP contribution in [0.5, 0.6) is 0 Å². The molecule has 0 atom stereocenters. The zero-order chi connectivity index (χ0) is 14.1. The predicted molar refractivity (Wildman–Crippen MR) is 82.9 cm³/mol. The third-order valence-corrected chi connectivity index (χ3v) is 4.48. The van der Waals surface area contributed by atoms with Crippen LogP contribution >= 0.6 is 15.9 Å². The second-order valence-corrected chi connectivity index (χ2v) is 6.13. The Hall–Kier alpha value is -1.14. The van der Waals surface area contributed by atoms with E-state index in [0.717, 1.165) is 54.2 Å². The molecular weight excluding hydrogens is 322 g/mol. The number of nitrogens with zero attached hydrogens (tertiary/aromatic N) is 3. The zero-order valence-corrected chi connectivity index (χ0v) is 13.2. The average molecular weight is 341 g/mol. The second-order valence-electron chi connectivity index (χ2n) is 5.32. The van der Waals surface area contributed by atoms with Gasteiger partial charge in [-0.15, -0.1) is 0 Å². The van der Waals surface area contributed by atoms with Gasteiger partial charge in [0.25, 0.3) is 0 Å². The lowest BCUT2D eigenvalue weighted by molar-refractivity contribution is 0.0660. The van der Waals surface area contributed by atoms with Crippen molar-refractivity contribution in [3.63, 3.8) is 0 Å². The Bertz CT molecular complexity index is 514. The average Bonchev–Trinajstić information content (AvgIpc) is 2.47. The molecule has 1 fully saturated rings. The van der Waals surface area contributed by atoms with Gasteiger partial charge in [-0.3, -0.25) is 0 Å². The van der Waals surface area contributed by atoms with Gasteiger partial charge in [0, 0.05) is 18.8 Å². The smallest absolute Gasteiger partial charge is 0.177 e. The molecule has 1 N–H and O–H groups in total. The van der Waals surface area contributed by atoms with E-state index in [4.69, 9.17) is 4.74 Å². The number of halogens is 1. The first-order valence-corrected chi connectivity index (χ1v) is 7.74. The molecule has 1 aromatic rings. The second kappa shape index (κ2) is 5.69. The molecule has 20 heavy (non-hydrogen) atoms. The largest absolute Gasteiger partial charge is 0.381 e. The minimum absolute atomic E-state index is 0.399. The monoisotopic (exact) mass is 340 g/mol. The minimum atomic E-state index is 0.399. The van der Waals surface area contributed by atoms with E-state index in [1.165, 1.54) is 0 Å². The van der Waals surface area contributed by atoms with E-state index in [9.17, 15) is 0 Å². The fourth-order valence-corrected chi connectivity index (χ4v) is 3.31. The molecule has 3 rings (SSSR count). The number of hydrogen-bond donors (Lipinski definition) is 1. The minimum Gasteiger partial charge on any atom is -0.381 e. The summed E-state index contributed by atoms with van der Waals surface area (Å²) < 4.78 is 6.21. The number of nitrogens with one attached hydrogen (secondary N) is 1. The summed E-state index contributed by atoms with van der Waals surface area (Å²) >= 11 is 3.40. The third kappa shape index (κ3) is 2.54. The van der Waals surface area contributed by atoms with Crippen molar-refractivity contribution in [3.05, 3.63) is 23.1 Å². The lowest BCUT2D eigenvalue weighted by Crippen LogP contribution is -2.43. The molecule has 1 aliphatic heterocycles. The zero-order valence-electron chi connectivity index (χ0n) is 11.6. The Labute approximate surface area is 127 Å². The quantitative estimate of drug-likeness (QED) is 0.839. The number of fused-ring (bicyclic) bond motifs is 1. The van der Waals surface area contributed by atoms with E-state index in [0.29, 0.717) is 12.1 Å². The van der Waals surface area contributed by atoms with E-state index in [2.05, 4.69) is 42.7 Å². The van der Waals surface area contributed by atoms with Crippen LogP contribution in [0.4, 0.5) is 11.6 Å². The molecular formula is C14H19BrN4O. The fourth-order valence-electron chi connectivity index (χ4n) is 3.04. The van der Waals surface area contributed by atoms with Crippen molar-refractivity contribution in [1.29, 1.82) is 0 Å². The molecule has 5 nitrogen and oxygen atoms in total. The Morgan fingerprint density at radius 3 is 2.85 bits per heavy atom. The molecule has 0 radical (unpaired) electrons. The van der Waals surface area contributed by atoms with Crippen LogP contribution in [0, 0.1) is 0 Å². The van der Waals surface area contributed by atoms with E-state index in [1.807, 2.05) is 0 Å². The van der Waals surface area contributed by atoms with Crippen molar-refractivity contribution in [2.75, 3.05) is 23.9 Å². The Morgan fingerprint density at radius 1 is 1.40 bits per heavy atom. The maximum absolute atomic E-state index is 5.45. The number of rotatable bonds is 2. The summed E-state index contributed by atoms with van der Waals surface area (Å²) in [4.78, 5) is 11.2. The van der Waals surface area contributed by atoms with Crippen LogP contribution in [-0.2, 0) is 4.74 Å². The first-order chi connectivity index (χ1) is 9.69. The van der Waals surface area contributed by atoms with Crippen LogP contribution in [0.15, 0.2) is 23.1 Å². The topological polar surface area (TPSA) is 50.3 Å². The van der Waals surface area contributed by atoms with Gasteiger partial charge in [0.2, 0.25) is 0 Å². The van der Waals surface area contributed by atoms with Gasteiger partial charge in [-0.25, -0.2) is 9.97 Å². The van der Waals surface area contributed by atoms with Gasteiger partial charge >= 0.3 is 0 Å². The Morgan fingerprint density at radius 2 is 2.15 bits per heavy atom. The summed E-state index contributed by atoms with van der Waals surface area (Å²) in [5, 5.41) is 3.27. The summed E-state index contributed by atoms with van der Waals surface area (Å²) in [6.07, 6.45) is 6.51. The van der Waals surface area contributed by atoms with Crippen molar-refractivity contribution in [3.8, 4) is 0 Å². The van der Waals surface area contributed by atoms with Crippen molar-refractivity contribution >= 4 is 27.6 Å². The lowest BCUT2D eigenvalue weighted by Gasteiger charge is -2.41.